The summed E-state index contributed by atoms with van der Waals surface area (Å²) in [5.41, 5.74) is 3.48. The topological polar surface area (TPSA) is 73.0 Å². The second-order valence-corrected chi connectivity index (χ2v) is 5.39. The summed E-state index contributed by atoms with van der Waals surface area (Å²) in [4.78, 5) is 16.5. The van der Waals surface area contributed by atoms with Gasteiger partial charge in [-0.25, -0.2) is 4.98 Å². The molecule has 0 aliphatic heterocycles. The molecule has 0 saturated carbocycles. The quantitative estimate of drug-likeness (QED) is 0.627. The van der Waals surface area contributed by atoms with E-state index in [1.54, 1.807) is 24.0 Å². The molecule has 118 valence electrons. The number of para-hydroxylation sites is 2. The zero-order valence-corrected chi connectivity index (χ0v) is 12.9. The lowest BCUT2D eigenvalue weighted by atomic mass is 10.2. The number of nitrogens with one attached hydrogen (secondary N) is 1. The number of aryl methyl sites for hydroxylation is 1. The van der Waals surface area contributed by atoms with Gasteiger partial charge in [0.15, 0.2) is 11.3 Å². The van der Waals surface area contributed by atoms with Crippen LogP contribution in [0.4, 0.5) is 5.69 Å². The van der Waals surface area contributed by atoms with Gasteiger partial charge in [-0.05, 0) is 42.5 Å². The Labute approximate surface area is 137 Å². The van der Waals surface area contributed by atoms with Crippen molar-refractivity contribution in [2.75, 3.05) is 5.32 Å². The van der Waals surface area contributed by atoms with Crippen molar-refractivity contribution < 1.29 is 9.21 Å². The van der Waals surface area contributed by atoms with Crippen LogP contribution in [-0.4, -0.2) is 20.7 Å². The monoisotopic (exact) mass is 318 g/mol. The summed E-state index contributed by atoms with van der Waals surface area (Å²) in [5.74, 6) is 0.309. The Morgan fingerprint density at radius 2 is 1.88 bits per heavy atom. The number of anilines is 1. The maximum atomic E-state index is 12.1. The molecule has 4 aromatic rings. The fraction of sp³-hybridized carbons (Fsp3) is 0.0556. The Morgan fingerprint density at radius 1 is 1.08 bits per heavy atom. The van der Waals surface area contributed by atoms with Crippen LogP contribution in [-0.2, 0) is 7.05 Å². The van der Waals surface area contributed by atoms with Gasteiger partial charge in [0, 0.05) is 24.5 Å². The van der Waals surface area contributed by atoms with Crippen LogP contribution < -0.4 is 5.32 Å². The minimum absolute atomic E-state index is 0.245. The predicted octanol–water partition coefficient (Wildman–Crippen LogP) is 3.48. The van der Waals surface area contributed by atoms with Crippen LogP contribution in [0.1, 0.15) is 10.5 Å². The van der Waals surface area contributed by atoms with Gasteiger partial charge < -0.3 is 9.73 Å². The summed E-state index contributed by atoms with van der Waals surface area (Å²) in [6, 6.07) is 16.6. The maximum absolute atomic E-state index is 12.1. The van der Waals surface area contributed by atoms with Crippen molar-refractivity contribution in [2.45, 2.75) is 0 Å². The number of amides is 1. The molecule has 0 bridgehead atoms. The van der Waals surface area contributed by atoms with E-state index in [2.05, 4.69) is 15.4 Å². The Morgan fingerprint density at radius 3 is 2.58 bits per heavy atom. The minimum atomic E-state index is -0.245. The van der Waals surface area contributed by atoms with Crippen LogP contribution in [0, 0.1) is 0 Å². The highest BCUT2D eigenvalue weighted by molar-refractivity contribution is 6.02. The average Bonchev–Trinajstić information content (AvgIpc) is 3.21. The molecule has 6 nitrogen and oxygen atoms in total. The SMILES string of the molecule is Cn1ccc(C(=O)Nc2ccc(-c3nc4ccccc4o3)cc2)n1. The number of hydrogen-bond donors (Lipinski definition) is 1. The highest BCUT2D eigenvalue weighted by Gasteiger charge is 2.10. The molecule has 0 aliphatic carbocycles. The Kier molecular flexibility index (Phi) is 3.35. The standard InChI is InChI=1S/C18H14N4O2/c1-22-11-10-15(21-22)17(23)19-13-8-6-12(7-9-13)18-20-14-4-2-3-5-16(14)24-18/h2-11H,1H3,(H,19,23). The van der Waals surface area contributed by atoms with E-state index in [1.165, 1.54) is 0 Å². The molecule has 6 heteroatoms. The van der Waals surface area contributed by atoms with Crippen LogP contribution in [0.3, 0.4) is 0 Å². The Hall–Kier alpha value is -3.41. The van der Waals surface area contributed by atoms with Crippen molar-refractivity contribution >= 4 is 22.7 Å². The van der Waals surface area contributed by atoms with Crippen LogP contribution >= 0.6 is 0 Å². The third-order valence-electron chi connectivity index (χ3n) is 3.63. The van der Waals surface area contributed by atoms with Crippen molar-refractivity contribution in [2.24, 2.45) is 7.05 Å². The Balaban J connectivity index is 1.55. The second kappa shape index (κ2) is 5.66. The smallest absolute Gasteiger partial charge is 0.276 e. The van der Waals surface area contributed by atoms with E-state index in [1.807, 2.05) is 48.5 Å². The molecule has 2 heterocycles. The molecule has 0 aliphatic rings. The number of fused-ring (bicyclic) bond motifs is 1. The largest absolute Gasteiger partial charge is 0.436 e. The van der Waals surface area contributed by atoms with Gasteiger partial charge in [0.25, 0.3) is 5.91 Å². The number of aromatic nitrogens is 3. The lowest BCUT2D eigenvalue weighted by Gasteiger charge is -2.03. The average molecular weight is 318 g/mol. The van der Waals surface area contributed by atoms with Gasteiger partial charge in [0.05, 0.1) is 0 Å². The molecular formula is C18H14N4O2. The third-order valence-corrected chi connectivity index (χ3v) is 3.63. The van der Waals surface area contributed by atoms with Crippen molar-refractivity contribution in [3.8, 4) is 11.5 Å². The molecule has 1 N–H and O–H groups in total. The fourth-order valence-corrected chi connectivity index (χ4v) is 2.42. The molecule has 0 spiro atoms. The molecule has 0 radical (unpaired) electrons. The van der Waals surface area contributed by atoms with Crippen LogP contribution in [0.15, 0.2) is 65.2 Å². The van der Waals surface area contributed by atoms with Gasteiger partial charge in [0.1, 0.15) is 5.52 Å². The third kappa shape index (κ3) is 2.65. The van der Waals surface area contributed by atoms with Crippen molar-refractivity contribution in [1.82, 2.24) is 14.8 Å². The number of carbonyl (C=O) groups excluding carboxylic acids is 1. The molecule has 0 atom stereocenters. The molecule has 4 rings (SSSR count). The first-order chi connectivity index (χ1) is 11.7. The normalized spacial score (nSPS) is 10.9. The first-order valence-corrected chi connectivity index (χ1v) is 7.46. The summed E-state index contributed by atoms with van der Waals surface area (Å²) < 4.78 is 7.32. The van der Waals surface area contributed by atoms with E-state index >= 15 is 0 Å². The van der Waals surface area contributed by atoms with E-state index < -0.39 is 0 Å². The number of carbonyl (C=O) groups is 1. The molecule has 0 saturated heterocycles. The summed E-state index contributed by atoms with van der Waals surface area (Å²) in [7, 11) is 1.77. The van der Waals surface area contributed by atoms with Gasteiger partial charge >= 0.3 is 0 Å². The number of rotatable bonds is 3. The van der Waals surface area contributed by atoms with Gasteiger partial charge in [-0.15, -0.1) is 0 Å². The Bertz CT molecular complexity index is 982. The van der Waals surface area contributed by atoms with E-state index in [9.17, 15) is 4.79 Å². The van der Waals surface area contributed by atoms with E-state index in [0.29, 0.717) is 17.3 Å². The lowest BCUT2D eigenvalue weighted by Crippen LogP contribution is -2.12. The second-order valence-electron chi connectivity index (χ2n) is 5.39. The van der Waals surface area contributed by atoms with Crippen molar-refractivity contribution in [3.05, 3.63) is 66.5 Å². The zero-order valence-electron chi connectivity index (χ0n) is 12.9. The lowest BCUT2D eigenvalue weighted by molar-refractivity contribution is 0.102. The molecular weight excluding hydrogens is 304 g/mol. The number of oxazole rings is 1. The molecule has 0 fully saturated rings. The first kappa shape index (κ1) is 14.2. The van der Waals surface area contributed by atoms with Gasteiger partial charge in [-0.1, -0.05) is 12.1 Å². The summed E-state index contributed by atoms with van der Waals surface area (Å²) in [5, 5.41) is 6.89. The van der Waals surface area contributed by atoms with Crippen molar-refractivity contribution in [1.29, 1.82) is 0 Å². The van der Waals surface area contributed by atoms with Crippen LogP contribution in [0.2, 0.25) is 0 Å². The van der Waals surface area contributed by atoms with E-state index in [-0.39, 0.29) is 5.91 Å². The summed E-state index contributed by atoms with van der Waals surface area (Å²) in [6.45, 7) is 0. The summed E-state index contributed by atoms with van der Waals surface area (Å²) in [6.07, 6.45) is 1.73. The predicted molar refractivity (Wildman–Crippen MR) is 90.6 cm³/mol. The zero-order chi connectivity index (χ0) is 16.5. The van der Waals surface area contributed by atoms with Crippen molar-refractivity contribution in [3.63, 3.8) is 0 Å². The van der Waals surface area contributed by atoms with Gasteiger partial charge in [0.2, 0.25) is 5.89 Å². The molecule has 1 amide bonds. The van der Waals surface area contributed by atoms with E-state index in [4.69, 9.17) is 4.42 Å². The molecule has 2 aromatic heterocycles. The number of nitrogens with zero attached hydrogens (tertiary/aromatic N) is 3. The minimum Gasteiger partial charge on any atom is -0.436 e. The van der Waals surface area contributed by atoms with E-state index in [0.717, 1.165) is 16.7 Å². The molecule has 24 heavy (non-hydrogen) atoms. The summed E-state index contributed by atoms with van der Waals surface area (Å²) >= 11 is 0. The highest BCUT2D eigenvalue weighted by Crippen LogP contribution is 2.25. The number of hydrogen-bond acceptors (Lipinski definition) is 4. The maximum Gasteiger partial charge on any atom is 0.276 e. The van der Waals surface area contributed by atoms with Gasteiger partial charge in [-0.3, -0.25) is 9.48 Å². The van der Waals surface area contributed by atoms with Gasteiger partial charge in [-0.2, -0.15) is 5.10 Å². The van der Waals surface area contributed by atoms with Crippen LogP contribution in [0.5, 0.6) is 0 Å². The first-order valence-electron chi connectivity index (χ1n) is 7.46. The molecule has 0 unspecified atom stereocenters. The number of benzene rings is 2. The molecule has 2 aromatic carbocycles. The van der Waals surface area contributed by atoms with Crippen LogP contribution in [0.25, 0.3) is 22.6 Å². The highest BCUT2D eigenvalue weighted by atomic mass is 16.3. The fourth-order valence-electron chi connectivity index (χ4n) is 2.42.